The van der Waals surface area contributed by atoms with Crippen molar-refractivity contribution in [3.8, 4) is 0 Å². The Hall–Kier alpha value is -2.70. The van der Waals surface area contributed by atoms with Crippen LogP contribution in [-0.2, 0) is 27.8 Å². The minimum atomic E-state index is -3.84. The lowest BCUT2D eigenvalue weighted by atomic mass is 9.95. The molecular weight excluding hydrogens is 372 g/mol. The smallest absolute Gasteiger partial charge is 0.244 e. The maximum atomic E-state index is 13.5. The SMILES string of the molecule is CN(C)C(=O)C1Cc2ccccc2CN1S(=O)(=O)c1ccc2ccccc2c1. The molecule has 3 aromatic carbocycles. The Morgan fingerprint density at radius 3 is 2.29 bits per heavy atom. The van der Waals surface area contributed by atoms with Gasteiger partial charge in [-0.25, -0.2) is 8.42 Å². The largest absolute Gasteiger partial charge is 0.347 e. The minimum Gasteiger partial charge on any atom is -0.347 e. The van der Waals surface area contributed by atoms with Crippen molar-refractivity contribution in [3.05, 3.63) is 77.9 Å². The topological polar surface area (TPSA) is 57.7 Å². The Morgan fingerprint density at radius 2 is 1.57 bits per heavy atom. The second kappa shape index (κ2) is 7.04. The first-order chi connectivity index (χ1) is 13.4. The van der Waals surface area contributed by atoms with Crippen LogP contribution in [0.25, 0.3) is 10.8 Å². The number of carbonyl (C=O) groups is 1. The lowest BCUT2D eigenvalue weighted by molar-refractivity contribution is -0.133. The van der Waals surface area contributed by atoms with Gasteiger partial charge in [0, 0.05) is 20.6 Å². The Kier molecular flexibility index (Phi) is 4.69. The van der Waals surface area contributed by atoms with Gasteiger partial charge in [0.05, 0.1) is 4.90 Å². The lowest BCUT2D eigenvalue weighted by Crippen LogP contribution is -2.52. The molecule has 1 aliphatic rings. The Bertz CT molecular complexity index is 1160. The molecule has 144 valence electrons. The highest BCUT2D eigenvalue weighted by atomic mass is 32.2. The van der Waals surface area contributed by atoms with Crippen LogP contribution in [0.2, 0.25) is 0 Å². The molecule has 28 heavy (non-hydrogen) atoms. The molecule has 1 unspecified atom stereocenters. The minimum absolute atomic E-state index is 0.190. The first kappa shape index (κ1) is 18.7. The first-order valence-corrected chi connectivity index (χ1v) is 10.6. The van der Waals surface area contributed by atoms with E-state index in [1.807, 2.05) is 54.6 Å². The summed E-state index contributed by atoms with van der Waals surface area (Å²) >= 11 is 0. The van der Waals surface area contributed by atoms with Gasteiger partial charge in [0.15, 0.2) is 0 Å². The third-order valence-corrected chi connectivity index (χ3v) is 7.11. The van der Waals surface area contributed by atoms with Crippen LogP contribution in [0, 0.1) is 0 Å². The number of benzene rings is 3. The third-order valence-electron chi connectivity index (χ3n) is 5.26. The van der Waals surface area contributed by atoms with Gasteiger partial charge < -0.3 is 4.90 Å². The van der Waals surface area contributed by atoms with Crippen molar-refractivity contribution < 1.29 is 13.2 Å². The Balaban J connectivity index is 1.81. The van der Waals surface area contributed by atoms with E-state index < -0.39 is 16.1 Å². The summed E-state index contributed by atoms with van der Waals surface area (Å²) < 4.78 is 28.4. The molecule has 0 saturated carbocycles. The summed E-state index contributed by atoms with van der Waals surface area (Å²) in [6.07, 6.45) is 0.375. The molecule has 3 aromatic rings. The van der Waals surface area contributed by atoms with E-state index in [1.165, 1.54) is 9.21 Å². The zero-order chi connectivity index (χ0) is 19.9. The molecule has 1 atom stereocenters. The van der Waals surface area contributed by atoms with E-state index >= 15 is 0 Å². The first-order valence-electron chi connectivity index (χ1n) is 9.16. The van der Waals surface area contributed by atoms with Crippen molar-refractivity contribution >= 4 is 26.7 Å². The monoisotopic (exact) mass is 394 g/mol. The van der Waals surface area contributed by atoms with Gasteiger partial charge in [-0.05, 0) is 40.5 Å². The second-order valence-corrected chi connectivity index (χ2v) is 9.17. The number of rotatable bonds is 3. The van der Waals surface area contributed by atoms with E-state index in [4.69, 9.17) is 0 Å². The van der Waals surface area contributed by atoms with Crippen molar-refractivity contribution in [2.24, 2.45) is 0 Å². The molecule has 0 N–H and O–H groups in total. The number of carbonyl (C=O) groups excluding carboxylic acids is 1. The molecule has 0 spiro atoms. The third kappa shape index (κ3) is 3.19. The van der Waals surface area contributed by atoms with Crippen LogP contribution in [0.4, 0.5) is 0 Å². The molecule has 1 aliphatic heterocycles. The summed E-state index contributed by atoms with van der Waals surface area (Å²) in [5, 5.41) is 1.84. The highest BCUT2D eigenvalue weighted by molar-refractivity contribution is 7.89. The van der Waals surface area contributed by atoms with Crippen LogP contribution >= 0.6 is 0 Å². The molecule has 0 fully saturated rings. The van der Waals surface area contributed by atoms with Crippen LogP contribution in [0.1, 0.15) is 11.1 Å². The molecule has 6 heteroatoms. The van der Waals surface area contributed by atoms with Gasteiger partial charge in [-0.2, -0.15) is 4.31 Å². The van der Waals surface area contributed by atoms with E-state index in [-0.39, 0.29) is 17.3 Å². The zero-order valence-corrected chi connectivity index (χ0v) is 16.7. The van der Waals surface area contributed by atoms with Crippen molar-refractivity contribution in [3.63, 3.8) is 0 Å². The zero-order valence-electron chi connectivity index (χ0n) is 15.9. The molecule has 1 heterocycles. The summed E-state index contributed by atoms with van der Waals surface area (Å²) in [6, 6.07) is 19.7. The molecule has 4 rings (SSSR count). The maximum absolute atomic E-state index is 13.5. The van der Waals surface area contributed by atoms with Gasteiger partial charge in [-0.1, -0.05) is 54.6 Å². The fourth-order valence-corrected chi connectivity index (χ4v) is 5.32. The number of hydrogen-bond donors (Lipinski definition) is 0. The van der Waals surface area contributed by atoms with Gasteiger partial charge in [0.1, 0.15) is 6.04 Å². The van der Waals surface area contributed by atoms with Gasteiger partial charge >= 0.3 is 0 Å². The molecule has 0 aliphatic carbocycles. The van der Waals surface area contributed by atoms with Crippen molar-refractivity contribution in [2.45, 2.75) is 23.9 Å². The molecular formula is C22H22N2O3S. The maximum Gasteiger partial charge on any atom is 0.244 e. The van der Waals surface area contributed by atoms with E-state index in [1.54, 1.807) is 26.2 Å². The summed E-state index contributed by atoms with van der Waals surface area (Å²) in [5.74, 6) is -0.209. The van der Waals surface area contributed by atoms with Crippen LogP contribution in [0.5, 0.6) is 0 Å². The van der Waals surface area contributed by atoms with Crippen LogP contribution < -0.4 is 0 Å². The Labute approximate surface area is 165 Å². The molecule has 0 bridgehead atoms. The van der Waals surface area contributed by atoms with E-state index in [9.17, 15) is 13.2 Å². The van der Waals surface area contributed by atoms with Crippen molar-refractivity contribution in [1.29, 1.82) is 0 Å². The number of nitrogens with zero attached hydrogens (tertiary/aromatic N) is 2. The normalized spacial score (nSPS) is 17.3. The second-order valence-electron chi connectivity index (χ2n) is 7.28. The molecule has 0 radical (unpaired) electrons. The van der Waals surface area contributed by atoms with Crippen molar-refractivity contribution in [1.82, 2.24) is 9.21 Å². The van der Waals surface area contributed by atoms with Gasteiger partial charge in [-0.15, -0.1) is 0 Å². The predicted octanol–water partition coefficient (Wildman–Crippen LogP) is 3.04. The number of sulfonamides is 1. The van der Waals surface area contributed by atoms with E-state index in [0.717, 1.165) is 21.9 Å². The molecule has 0 aromatic heterocycles. The average molecular weight is 394 g/mol. The average Bonchev–Trinajstić information content (AvgIpc) is 2.71. The van der Waals surface area contributed by atoms with Gasteiger partial charge in [-0.3, -0.25) is 4.79 Å². The summed E-state index contributed by atoms with van der Waals surface area (Å²) in [4.78, 5) is 14.5. The summed E-state index contributed by atoms with van der Waals surface area (Å²) in [5.41, 5.74) is 1.96. The molecule has 1 amide bonds. The number of hydrogen-bond acceptors (Lipinski definition) is 3. The fraction of sp³-hybridized carbons (Fsp3) is 0.227. The van der Waals surface area contributed by atoms with E-state index in [0.29, 0.717) is 6.42 Å². The summed E-state index contributed by atoms with van der Waals surface area (Å²) in [6.45, 7) is 0.190. The predicted molar refractivity (Wildman–Crippen MR) is 109 cm³/mol. The molecule has 0 saturated heterocycles. The highest BCUT2D eigenvalue weighted by Gasteiger charge is 2.40. The quantitative estimate of drug-likeness (QED) is 0.686. The van der Waals surface area contributed by atoms with Crippen LogP contribution in [-0.4, -0.2) is 43.7 Å². The van der Waals surface area contributed by atoms with Crippen molar-refractivity contribution in [2.75, 3.05) is 14.1 Å². The van der Waals surface area contributed by atoms with Gasteiger partial charge in [0.25, 0.3) is 0 Å². The van der Waals surface area contributed by atoms with Crippen LogP contribution in [0.3, 0.4) is 0 Å². The Morgan fingerprint density at radius 1 is 0.929 bits per heavy atom. The number of fused-ring (bicyclic) bond motifs is 2. The molecule has 5 nitrogen and oxygen atoms in total. The lowest BCUT2D eigenvalue weighted by Gasteiger charge is -2.36. The number of likely N-dealkylation sites (N-methyl/N-ethyl adjacent to an activating group) is 1. The van der Waals surface area contributed by atoms with E-state index in [2.05, 4.69) is 0 Å². The van der Waals surface area contributed by atoms with Crippen LogP contribution in [0.15, 0.2) is 71.6 Å². The summed E-state index contributed by atoms with van der Waals surface area (Å²) in [7, 11) is -0.525. The highest BCUT2D eigenvalue weighted by Crippen LogP contribution is 2.31. The number of amides is 1. The fourth-order valence-electron chi connectivity index (χ4n) is 3.72. The van der Waals surface area contributed by atoms with Gasteiger partial charge in [0.2, 0.25) is 15.9 Å². The standard InChI is InChI=1S/C22H22N2O3S/c1-23(2)22(25)21-14-18-9-5-6-10-19(18)15-24(21)28(26,27)20-12-11-16-7-3-4-8-17(16)13-20/h3-13,21H,14-15H2,1-2H3.